The molecule has 9 heteroatoms. The number of carbonyl (C=O) groups excluding carboxylic acids is 2. The number of amides is 3. The molecule has 8 nitrogen and oxygen atoms in total. The summed E-state index contributed by atoms with van der Waals surface area (Å²) in [6.45, 7) is 1.81. The second-order valence-corrected chi connectivity index (χ2v) is 15.7. The summed E-state index contributed by atoms with van der Waals surface area (Å²) >= 11 is 0. The van der Waals surface area contributed by atoms with Crippen molar-refractivity contribution in [3.8, 4) is 11.1 Å². The number of aliphatic carboxylic acids is 1. The van der Waals surface area contributed by atoms with Gasteiger partial charge in [0.05, 0.1) is 18.1 Å². The second-order valence-electron chi connectivity index (χ2n) is 13.6. The minimum absolute atomic E-state index is 0.0527. The second kappa shape index (κ2) is 12.4. The SMILES string of the molecule is Cc1ccc(CN(C(=O)N[C@@H](CS(=O)(=O)CC23CC4CC(CC(C4)C2)C3)C(=O)O)C(=O)c2ccc(-c3ccccc3)cc2)cc1. The van der Waals surface area contributed by atoms with Crippen molar-refractivity contribution in [1.82, 2.24) is 10.2 Å². The first-order valence-corrected chi connectivity index (χ1v) is 17.6. The molecule has 0 aliphatic heterocycles. The minimum Gasteiger partial charge on any atom is -0.480 e. The van der Waals surface area contributed by atoms with E-state index in [0.717, 1.165) is 40.9 Å². The topological polar surface area (TPSA) is 121 Å². The Morgan fingerprint density at radius 2 is 1.40 bits per heavy atom. The lowest BCUT2D eigenvalue weighted by molar-refractivity contribution is -0.138. The molecule has 4 saturated carbocycles. The van der Waals surface area contributed by atoms with Crippen LogP contribution in [-0.2, 0) is 21.2 Å². The molecule has 0 spiro atoms. The molecule has 3 aromatic rings. The molecule has 1 atom stereocenters. The van der Waals surface area contributed by atoms with Gasteiger partial charge in [0.25, 0.3) is 5.91 Å². The van der Waals surface area contributed by atoms with Crippen LogP contribution < -0.4 is 5.32 Å². The summed E-state index contributed by atoms with van der Waals surface area (Å²) in [5.74, 6) is -1.16. The molecular weight excluding hydrogens is 588 g/mol. The van der Waals surface area contributed by atoms with Gasteiger partial charge in [-0.15, -0.1) is 0 Å². The number of nitrogens with zero attached hydrogens (tertiary/aromatic N) is 1. The summed E-state index contributed by atoms with van der Waals surface area (Å²) in [5, 5.41) is 12.4. The molecule has 4 aliphatic carbocycles. The van der Waals surface area contributed by atoms with Crippen LogP contribution >= 0.6 is 0 Å². The summed E-state index contributed by atoms with van der Waals surface area (Å²) < 4.78 is 27.0. The molecule has 3 aromatic carbocycles. The zero-order valence-corrected chi connectivity index (χ0v) is 26.3. The lowest BCUT2D eigenvalue weighted by Gasteiger charge is -2.56. The number of carboxylic acid groups (broad SMARTS) is 1. The number of benzene rings is 3. The van der Waals surface area contributed by atoms with Gasteiger partial charge >= 0.3 is 12.0 Å². The molecule has 2 N–H and O–H groups in total. The molecule has 4 aliphatic rings. The average Bonchev–Trinajstić information content (AvgIpc) is 2.99. The minimum atomic E-state index is -3.83. The smallest absolute Gasteiger partial charge is 0.327 e. The highest BCUT2D eigenvalue weighted by atomic mass is 32.2. The normalized spacial score (nSPS) is 24.2. The number of urea groups is 1. The average molecular weight is 629 g/mol. The van der Waals surface area contributed by atoms with Crippen molar-refractivity contribution in [1.29, 1.82) is 0 Å². The maximum Gasteiger partial charge on any atom is 0.327 e. The van der Waals surface area contributed by atoms with E-state index >= 15 is 0 Å². The number of hydrogen-bond donors (Lipinski definition) is 2. The summed E-state index contributed by atoms with van der Waals surface area (Å²) in [6, 6.07) is 21.2. The first kappa shape index (κ1) is 31.0. The van der Waals surface area contributed by atoms with Crippen LogP contribution in [0, 0.1) is 30.1 Å². The maximum absolute atomic E-state index is 13.8. The highest BCUT2D eigenvalue weighted by Crippen LogP contribution is 2.60. The maximum atomic E-state index is 13.8. The largest absolute Gasteiger partial charge is 0.480 e. The Bertz CT molecular complexity index is 1630. The fraction of sp³-hybridized carbons (Fsp3) is 0.417. The summed E-state index contributed by atoms with van der Waals surface area (Å²) in [6.07, 6.45) is 6.16. The molecule has 4 bridgehead atoms. The van der Waals surface area contributed by atoms with Crippen LogP contribution in [0.5, 0.6) is 0 Å². The molecule has 236 valence electrons. The first-order valence-electron chi connectivity index (χ1n) is 15.7. The van der Waals surface area contributed by atoms with Gasteiger partial charge in [-0.2, -0.15) is 0 Å². The zero-order chi connectivity index (χ0) is 31.8. The third kappa shape index (κ3) is 7.14. The van der Waals surface area contributed by atoms with Gasteiger partial charge in [-0.25, -0.2) is 18.0 Å². The number of aryl methyl sites for hydroxylation is 1. The molecule has 0 unspecified atom stereocenters. The van der Waals surface area contributed by atoms with Gasteiger partial charge in [0.2, 0.25) is 0 Å². The van der Waals surface area contributed by atoms with Gasteiger partial charge in [0.15, 0.2) is 9.84 Å². The van der Waals surface area contributed by atoms with Crippen LogP contribution in [0.4, 0.5) is 4.79 Å². The number of rotatable bonds is 10. The number of carbonyl (C=O) groups is 3. The molecule has 0 aromatic heterocycles. The molecule has 45 heavy (non-hydrogen) atoms. The van der Waals surface area contributed by atoms with Crippen LogP contribution in [0.15, 0.2) is 78.9 Å². The molecule has 7 rings (SSSR count). The van der Waals surface area contributed by atoms with Gasteiger partial charge in [-0.1, -0.05) is 72.3 Å². The lowest BCUT2D eigenvalue weighted by Crippen LogP contribution is -2.53. The van der Waals surface area contributed by atoms with E-state index in [1.54, 1.807) is 36.4 Å². The molecule has 0 saturated heterocycles. The number of hydrogen-bond acceptors (Lipinski definition) is 5. The van der Waals surface area contributed by atoms with Crippen LogP contribution in [0.2, 0.25) is 0 Å². The van der Waals surface area contributed by atoms with Crippen molar-refractivity contribution in [2.75, 3.05) is 11.5 Å². The Hall–Kier alpha value is -3.98. The van der Waals surface area contributed by atoms with Crippen molar-refractivity contribution < 1.29 is 27.9 Å². The van der Waals surface area contributed by atoms with Gasteiger partial charge < -0.3 is 10.4 Å². The predicted octanol–water partition coefficient (Wildman–Crippen LogP) is 6.10. The Morgan fingerprint density at radius 3 is 1.96 bits per heavy atom. The molecule has 4 fully saturated rings. The standard InChI is InChI=1S/C36H40N2O6S/c1-24-7-9-25(10-8-24)21-38(33(39)31-13-11-30(12-14-31)29-5-3-2-4-6-29)35(42)37-32(34(40)41)22-45(43,44)23-36-18-26-15-27(19-36)17-28(16-26)20-36/h2-14,26-28,32H,15-23H2,1H3,(H,37,42)(H,40,41)/t26?,27?,28?,32-,36?/m0/s1. The molecular formula is C36H40N2O6S. The highest BCUT2D eigenvalue weighted by Gasteiger charge is 2.52. The fourth-order valence-corrected chi connectivity index (χ4v) is 10.5. The van der Waals surface area contributed by atoms with E-state index in [0.29, 0.717) is 23.3 Å². The summed E-state index contributed by atoms with van der Waals surface area (Å²) in [5.41, 5.74) is 3.51. The third-order valence-electron chi connectivity index (χ3n) is 9.90. The van der Waals surface area contributed by atoms with E-state index in [2.05, 4.69) is 5.32 Å². The number of sulfone groups is 1. The van der Waals surface area contributed by atoms with E-state index in [-0.39, 0.29) is 23.3 Å². The quantitative estimate of drug-likeness (QED) is 0.280. The van der Waals surface area contributed by atoms with Crippen molar-refractivity contribution in [2.24, 2.45) is 23.2 Å². The predicted molar refractivity (Wildman–Crippen MR) is 172 cm³/mol. The lowest BCUT2D eigenvalue weighted by atomic mass is 9.50. The van der Waals surface area contributed by atoms with E-state index in [1.165, 1.54) is 19.3 Å². The van der Waals surface area contributed by atoms with Crippen molar-refractivity contribution in [2.45, 2.75) is 58.0 Å². The monoisotopic (exact) mass is 628 g/mol. The molecule has 3 amide bonds. The van der Waals surface area contributed by atoms with Crippen LogP contribution in [0.1, 0.15) is 60.0 Å². The summed E-state index contributed by atoms with van der Waals surface area (Å²) in [7, 11) is -3.83. The third-order valence-corrected chi connectivity index (χ3v) is 11.8. The first-order chi connectivity index (χ1) is 21.5. The number of nitrogens with one attached hydrogen (secondary N) is 1. The Balaban J connectivity index is 1.20. The Morgan fingerprint density at radius 1 is 0.844 bits per heavy atom. The van der Waals surface area contributed by atoms with E-state index in [4.69, 9.17) is 0 Å². The van der Waals surface area contributed by atoms with Crippen molar-refractivity contribution in [3.63, 3.8) is 0 Å². The van der Waals surface area contributed by atoms with Gasteiger partial charge in [0.1, 0.15) is 6.04 Å². The fourth-order valence-electron chi connectivity index (χ4n) is 8.35. The van der Waals surface area contributed by atoms with Gasteiger partial charge in [-0.3, -0.25) is 9.69 Å². The number of imide groups is 1. The molecule has 0 radical (unpaired) electrons. The van der Waals surface area contributed by atoms with E-state index in [9.17, 15) is 27.9 Å². The van der Waals surface area contributed by atoms with Gasteiger partial charge in [-0.05, 0) is 97.4 Å². The van der Waals surface area contributed by atoms with Crippen LogP contribution in [0.25, 0.3) is 11.1 Å². The van der Waals surface area contributed by atoms with Crippen molar-refractivity contribution in [3.05, 3.63) is 95.6 Å². The van der Waals surface area contributed by atoms with Crippen LogP contribution in [-0.4, -0.2) is 53.9 Å². The zero-order valence-electron chi connectivity index (χ0n) is 25.5. The molecule has 0 heterocycles. The van der Waals surface area contributed by atoms with E-state index in [1.807, 2.05) is 49.4 Å². The van der Waals surface area contributed by atoms with Crippen molar-refractivity contribution >= 4 is 27.7 Å². The summed E-state index contributed by atoms with van der Waals surface area (Å²) in [4.78, 5) is 40.7. The Labute approximate surface area is 264 Å². The van der Waals surface area contributed by atoms with E-state index < -0.39 is 39.5 Å². The van der Waals surface area contributed by atoms with Crippen LogP contribution in [0.3, 0.4) is 0 Å². The number of carboxylic acids is 1. The Kier molecular flexibility index (Phi) is 8.57. The van der Waals surface area contributed by atoms with Gasteiger partial charge in [0, 0.05) is 5.56 Å². The highest BCUT2D eigenvalue weighted by molar-refractivity contribution is 7.91.